The van der Waals surface area contributed by atoms with Crippen LogP contribution in [0.25, 0.3) is 5.65 Å². The van der Waals surface area contributed by atoms with Gasteiger partial charge in [0, 0.05) is 30.1 Å². The van der Waals surface area contributed by atoms with Gasteiger partial charge in [-0.2, -0.15) is 9.61 Å². The molecule has 0 saturated carbocycles. The minimum absolute atomic E-state index is 0.0866. The predicted molar refractivity (Wildman–Crippen MR) is 139 cm³/mol. The summed E-state index contributed by atoms with van der Waals surface area (Å²) in [6, 6.07) is 16.2. The Hall–Kier alpha value is -2.45. The number of pyridine rings is 1. The monoisotopic (exact) mass is 510 g/mol. The fourth-order valence-corrected chi connectivity index (χ4v) is 6.89. The highest BCUT2D eigenvalue weighted by molar-refractivity contribution is 7.99. The van der Waals surface area contributed by atoms with Gasteiger partial charge in [-0.25, -0.2) is 4.98 Å². The third-order valence-electron chi connectivity index (χ3n) is 7.32. The predicted octanol–water partition coefficient (Wildman–Crippen LogP) is 5.61. The second-order valence-corrected chi connectivity index (χ2v) is 11.0. The van der Waals surface area contributed by atoms with Crippen molar-refractivity contribution in [1.29, 1.82) is 0 Å². The standard InChI is InChI=1S/C25H24Cl2N6S/c26-17-6-3-7-19(21(17)27)34-22-18(28)12-20(33-24(22)30-14-31-33)32-10-8-25(9-11-32)13-15-4-1-2-5-16(15)23(25)29/h1-7,12,14,23H,8-11,13,28-29H2. The van der Waals surface area contributed by atoms with E-state index in [1.807, 2.05) is 22.7 Å². The Morgan fingerprint density at radius 2 is 1.85 bits per heavy atom. The van der Waals surface area contributed by atoms with Gasteiger partial charge >= 0.3 is 0 Å². The van der Waals surface area contributed by atoms with Gasteiger partial charge in [0.1, 0.15) is 12.1 Å². The van der Waals surface area contributed by atoms with Crippen LogP contribution in [-0.2, 0) is 6.42 Å². The summed E-state index contributed by atoms with van der Waals surface area (Å²) in [6.07, 6.45) is 4.66. The number of hydrogen-bond donors (Lipinski definition) is 2. The largest absolute Gasteiger partial charge is 0.398 e. The maximum Gasteiger partial charge on any atom is 0.173 e. The lowest BCUT2D eigenvalue weighted by Gasteiger charge is -2.43. The zero-order chi connectivity index (χ0) is 23.4. The minimum Gasteiger partial charge on any atom is -0.398 e. The van der Waals surface area contributed by atoms with E-state index in [4.69, 9.17) is 34.7 Å². The highest BCUT2D eigenvalue weighted by atomic mass is 35.5. The molecule has 2 aromatic carbocycles. The second kappa shape index (κ2) is 8.34. The molecule has 0 amide bonds. The smallest absolute Gasteiger partial charge is 0.173 e. The molecule has 1 spiro atoms. The van der Waals surface area contributed by atoms with Gasteiger partial charge in [-0.3, -0.25) is 0 Å². The van der Waals surface area contributed by atoms with E-state index in [1.54, 1.807) is 12.4 Å². The highest BCUT2D eigenvalue weighted by Crippen LogP contribution is 2.51. The Kier molecular flexibility index (Phi) is 5.41. The summed E-state index contributed by atoms with van der Waals surface area (Å²) in [5.74, 6) is 0.950. The van der Waals surface area contributed by atoms with Crippen molar-refractivity contribution in [1.82, 2.24) is 14.6 Å². The van der Waals surface area contributed by atoms with Crippen LogP contribution in [0.15, 0.2) is 64.6 Å². The lowest BCUT2D eigenvalue weighted by atomic mass is 9.73. The van der Waals surface area contributed by atoms with Gasteiger partial charge in [-0.05, 0) is 47.9 Å². The number of rotatable bonds is 3. The number of nitrogens with zero attached hydrogens (tertiary/aromatic N) is 4. The molecule has 1 atom stereocenters. The number of benzene rings is 2. The van der Waals surface area contributed by atoms with Gasteiger partial charge in [0.15, 0.2) is 5.65 Å². The van der Waals surface area contributed by atoms with Crippen molar-refractivity contribution >= 4 is 52.1 Å². The molecule has 4 N–H and O–H groups in total. The van der Waals surface area contributed by atoms with Crippen molar-refractivity contribution in [2.45, 2.75) is 35.1 Å². The van der Waals surface area contributed by atoms with Crippen LogP contribution in [-0.4, -0.2) is 27.7 Å². The number of piperidine rings is 1. The van der Waals surface area contributed by atoms with Crippen molar-refractivity contribution in [3.63, 3.8) is 0 Å². The number of fused-ring (bicyclic) bond motifs is 2. The molecule has 4 aromatic rings. The first-order valence-electron chi connectivity index (χ1n) is 11.3. The van der Waals surface area contributed by atoms with Gasteiger partial charge in [-0.1, -0.05) is 65.3 Å². The van der Waals surface area contributed by atoms with Gasteiger partial charge in [0.2, 0.25) is 0 Å². The number of nitrogen functional groups attached to an aromatic ring is 1. The summed E-state index contributed by atoms with van der Waals surface area (Å²) in [4.78, 5) is 8.51. The zero-order valence-electron chi connectivity index (χ0n) is 18.4. The van der Waals surface area contributed by atoms with Gasteiger partial charge in [-0.15, -0.1) is 0 Å². The first-order valence-corrected chi connectivity index (χ1v) is 12.9. The lowest BCUT2D eigenvalue weighted by Crippen LogP contribution is -2.45. The van der Waals surface area contributed by atoms with Crippen LogP contribution >= 0.6 is 35.0 Å². The molecule has 1 unspecified atom stereocenters. The molecule has 1 fully saturated rings. The molecule has 34 heavy (non-hydrogen) atoms. The minimum atomic E-state index is 0.0866. The molecule has 2 aromatic heterocycles. The number of halogens is 2. The molecule has 174 valence electrons. The SMILES string of the molecule is Nc1cc(N2CCC3(CC2)Cc2ccccc2C3N)n2ncnc2c1Sc1cccc(Cl)c1Cl. The van der Waals surface area contributed by atoms with E-state index in [9.17, 15) is 0 Å². The first-order chi connectivity index (χ1) is 16.5. The molecule has 6 nitrogen and oxygen atoms in total. The lowest BCUT2D eigenvalue weighted by molar-refractivity contribution is 0.187. The molecule has 0 bridgehead atoms. The molecule has 1 aliphatic carbocycles. The van der Waals surface area contributed by atoms with Crippen molar-refractivity contribution in [3.05, 3.63) is 76.0 Å². The quantitative estimate of drug-likeness (QED) is 0.372. The molecule has 6 rings (SSSR count). The average Bonchev–Trinajstić information content (AvgIpc) is 3.43. The molecule has 1 saturated heterocycles. The molecule has 0 radical (unpaired) electrons. The fraction of sp³-hybridized carbons (Fsp3) is 0.280. The topological polar surface area (TPSA) is 85.5 Å². The Morgan fingerprint density at radius 1 is 1.06 bits per heavy atom. The van der Waals surface area contributed by atoms with E-state index >= 15 is 0 Å². The van der Waals surface area contributed by atoms with Crippen LogP contribution in [0.1, 0.15) is 30.0 Å². The summed E-state index contributed by atoms with van der Waals surface area (Å²) in [5, 5.41) is 5.54. The molecule has 3 heterocycles. The molecular formula is C25H24Cl2N6S. The van der Waals surface area contributed by atoms with E-state index < -0.39 is 0 Å². The Labute approximate surface area is 212 Å². The summed E-state index contributed by atoms with van der Waals surface area (Å²) >= 11 is 14.1. The van der Waals surface area contributed by atoms with E-state index in [1.165, 1.54) is 22.9 Å². The zero-order valence-corrected chi connectivity index (χ0v) is 20.7. The number of hydrogen-bond acceptors (Lipinski definition) is 6. The van der Waals surface area contributed by atoms with Gasteiger partial charge in [0.05, 0.1) is 20.6 Å². The van der Waals surface area contributed by atoms with Crippen LogP contribution < -0.4 is 16.4 Å². The Bertz CT molecular complexity index is 1400. The maximum absolute atomic E-state index is 6.77. The first kappa shape index (κ1) is 22.0. The van der Waals surface area contributed by atoms with E-state index in [0.717, 1.165) is 48.0 Å². The van der Waals surface area contributed by atoms with Crippen molar-refractivity contribution in [2.24, 2.45) is 11.1 Å². The molecule has 9 heteroatoms. The fourth-order valence-electron chi connectivity index (χ4n) is 5.45. The number of anilines is 2. The maximum atomic E-state index is 6.77. The summed E-state index contributed by atoms with van der Waals surface area (Å²) in [6.45, 7) is 1.78. The van der Waals surface area contributed by atoms with Crippen molar-refractivity contribution in [2.75, 3.05) is 23.7 Å². The molecule has 1 aliphatic heterocycles. The van der Waals surface area contributed by atoms with Crippen LogP contribution in [0.2, 0.25) is 10.0 Å². The van der Waals surface area contributed by atoms with E-state index in [2.05, 4.69) is 39.2 Å². The van der Waals surface area contributed by atoms with E-state index in [0.29, 0.717) is 21.4 Å². The van der Waals surface area contributed by atoms with E-state index in [-0.39, 0.29) is 11.5 Å². The van der Waals surface area contributed by atoms with Gasteiger partial charge < -0.3 is 16.4 Å². The van der Waals surface area contributed by atoms with Crippen molar-refractivity contribution in [3.8, 4) is 0 Å². The summed E-state index contributed by atoms with van der Waals surface area (Å²) in [5.41, 5.74) is 17.5. The molecular weight excluding hydrogens is 487 g/mol. The Morgan fingerprint density at radius 3 is 2.65 bits per heavy atom. The third-order valence-corrected chi connectivity index (χ3v) is 9.43. The van der Waals surface area contributed by atoms with Crippen LogP contribution in [0.4, 0.5) is 11.5 Å². The van der Waals surface area contributed by atoms with Gasteiger partial charge in [0.25, 0.3) is 0 Å². The number of nitrogens with two attached hydrogens (primary N) is 2. The van der Waals surface area contributed by atoms with Crippen LogP contribution in [0, 0.1) is 5.41 Å². The summed E-state index contributed by atoms with van der Waals surface area (Å²) < 4.78 is 1.87. The Balaban J connectivity index is 1.29. The average molecular weight is 511 g/mol. The van der Waals surface area contributed by atoms with Crippen LogP contribution in [0.5, 0.6) is 0 Å². The normalized spacial score (nSPS) is 19.1. The second-order valence-electron chi connectivity index (χ2n) is 9.14. The highest BCUT2D eigenvalue weighted by Gasteiger charge is 2.46. The molecule has 2 aliphatic rings. The van der Waals surface area contributed by atoms with Crippen LogP contribution in [0.3, 0.4) is 0 Å². The third kappa shape index (κ3) is 3.45. The summed E-state index contributed by atoms with van der Waals surface area (Å²) in [7, 11) is 0. The van der Waals surface area contributed by atoms with Crippen molar-refractivity contribution < 1.29 is 0 Å². The number of aromatic nitrogens is 3.